The van der Waals surface area contributed by atoms with Gasteiger partial charge in [-0.2, -0.15) is 0 Å². The maximum Gasteiger partial charge on any atom is 0.0796 e. The highest BCUT2D eigenvalue weighted by atomic mass is 14.8. The predicted molar refractivity (Wildman–Crippen MR) is 259 cm³/mol. The fraction of sp³-hybridized carbons (Fsp3) is 0.0833. The van der Waals surface area contributed by atoms with Gasteiger partial charge < -0.3 is 0 Å². The van der Waals surface area contributed by atoms with Crippen LogP contribution in [0.25, 0.3) is 66.8 Å². The number of hydrogen-bond acceptors (Lipinski definition) is 1. The van der Waals surface area contributed by atoms with E-state index in [9.17, 15) is 0 Å². The van der Waals surface area contributed by atoms with Crippen LogP contribution in [0.5, 0.6) is 0 Å². The number of benzene rings is 8. The van der Waals surface area contributed by atoms with Gasteiger partial charge in [-0.1, -0.05) is 195 Å². The molecule has 0 bridgehead atoms. The van der Waals surface area contributed by atoms with Gasteiger partial charge in [0.15, 0.2) is 0 Å². The highest BCUT2D eigenvalue weighted by molar-refractivity contribution is 6.14. The Morgan fingerprint density at radius 3 is 1.31 bits per heavy atom. The third-order valence-electron chi connectivity index (χ3n) is 12.3. The van der Waals surface area contributed by atoms with Crippen LogP contribution < -0.4 is 0 Å². The highest BCUT2D eigenvalue weighted by Gasteiger charge is 2.21. The summed E-state index contributed by atoms with van der Waals surface area (Å²) in [5.74, 6) is 0.519. The van der Waals surface area contributed by atoms with Crippen molar-refractivity contribution in [2.24, 2.45) is 10.9 Å². The van der Waals surface area contributed by atoms with Gasteiger partial charge in [0.1, 0.15) is 0 Å². The molecule has 292 valence electrons. The summed E-state index contributed by atoms with van der Waals surface area (Å²) in [5.41, 5.74) is 20.7. The first kappa shape index (κ1) is 37.9. The number of dihydropyridines is 1. The summed E-state index contributed by atoms with van der Waals surface area (Å²) in [5, 5.41) is 0. The lowest BCUT2D eigenvalue weighted by Gasteiger charge is -2.23. The SMILES string of the molecule is CC1CC=CC=C1c1cccc(-c2cccc(-c3cccc(C4=CC(c5cccc(-c6cccc(-c7cccc(-c8ccccc8)c7)c6)c5)=NC(c5ccccc5)C4)c3)c2)c1. The van der Waals surface area contributed by atoms with E-state index in [2.05, 4.69) is 237 Å². The molecule has 2 atom stereocenters. The van der Waals surface area contributed by atoms with E-state index >= 15 is 0 Å². The van der Waals surface area contributed by atoms with Crippen LogP contribution in [0.2, 0.25) is 0 Å². The molecule has 0 fully saturated rings. The Labute approximate surface area is 360 Å². The molecule has 0 N–H and O–H groups in total. The Bertz CT molecular complexity index is 2980. The number of rotatable bonds is 9. The van der Waals surface area contributed by atoms with E-state index in [1.807, 2.05) is 0 Å². The van der Waals surface area contributed by atoms with Crippen molar-refractivity contribution >= 4 is 16.9 Å². The van der Waals surface area contributed by atoms with Crippen LogP contribution in [-0.2, 0) is 0 Å². The maximum absolute atomic E-state index is 5.44. The highest BCUT2D eigenvalue weighted by Crippen LogP contribution is 2.38. The smallest absolute Gasteiger partial charge is 0.0796 e. The van der Waals surface area contributed by atoms with Crippen LogP contribution >= 0.6 is 0 Å². The van der Waals surface area contributed by atoms with Gasteiger partial charge in [-0.3, -0.25) is 4.99 Å². The zero-order chi connectivity index (χ0) is 41.0. The normalized spacial score (nSPS) is 16.0. The number of aliphatic imine (C=N–C) groups is 1. The van der Waals surface area contributed by atoms with E-state index < -0.39 is 0 Å². The molecule has 0 amide bonds. The van der Waals surface area contributed by atoms with E-state index in [0.717, 1.165) is 24.1 Å². The van der Waals surface area contributed by atoms with Gasteiger partial charge in [0.2, 0.25) is 0 Å². The average Bonchev–Trinajstić information content (AvgIpc) is 3.35. The van der Waals surface area contributed by atoms with E-state index in [0.29, 0.717) is 5.92 Å². The van der Waals surface area contributed by atoms with Crippen molar-refractivity contribution in [2.75, 3.05) is 0 Å². The Morgan fingerprint density at radius 1 is 0.393 bits per heavy atom. The molecule has 8 aromatic carbocycles. The molecule has 61 heavy (non-hydrogen) atoms. The van der Waals surface area contributed by atoms with Crippen LogP contribution in [0, 0.1) is 5.92 Å². The molecule has 8 aromatic rings. The fourth-order valence-electron chi connectivity index (χ4n) is 8.94. The molecule has 1 heterocycles. The Morgan fingerprint density at radius 2 is 0.787 bits per heavy atom. The van der Waals surface area contributed by atoms with E-state index in [1.165, 1.54) is 83.5 Å². The van der Waals surface area contributed by atoms with Gasteiger partial charge in [-0.25, -0.2) is 0 Å². The van der Waals surface area contributed by atoms with Crippen LogP contribution in [0.1, 0.15) is 48.1 Å². The monoisotopic (exact) mass is 781 g/mol. The average molecular weight is 782 g/mol. The fourth-order valence-corrected chi connectivity index (χ4v) is 8.94. The summed E-state index contributed by atoms with van der Waals surface area (Å²) in [7, 11) is 0. The second kappa shape index (κ2) is 17.1. The number of hydrogen-bond donors (Lipinski definition) is 0. The third kappa shape index (κ3) is 8.29. The van der Waals surface area contributed by atoms with Crippen LogP contribution in [0.4, 0.5) is 0 Å². The van der Waals surface area contributed by atoms with Crippen molar-refractivity contribution in [1.82, 2.24) is 0 Å². The molecule has 1 aliphatic heterocycles. The van der Waals surface area contributed by atoms with Crippen molar-refractivity contribution in [3.8, 4) is 55.6 Å². The molecule has 0 aromatic heterocycles. The molecule has 0 saturated heterocycles. The zero-order valence-corrected chi connectivity index (χ0v) is 34.5. The summed E-state index contributed by atoms with van der Waals surface area (Å²) in [6.45, 7) is 2.32. The van der Waals surface area contributed by atoms with Crippen molar-refractivity contribution < 1.29 is 0 Å². The predicted octanol–water partition coefficient (Wildman–Crippen LogP) is 16.0. The first-order chi connectivity index (χ1) is 30.1. The van der Waals surface area contributed by atoms with Crippen molar-refractivity contribution in [3.63, 3.8) is 0 Å². The van der Waals surface area contributed by atoms with Crippen LogP contribution in [-0.4, -0.2) is 5.71 Å². The second-order valence-electron chi connectivity index (χ2n) is 16.4. The molecule has 1 heteroatoms. The largest absolute Gasteiger partial charge is 0.276 e. The second-order valence-corrected chi connectivity index (χ2v) is 16.4. The standard InChI is InChI=1S/C60H47N/c1-42-16-8-9-33-58(42)55-31-14-28-52(38-55)49-25-11-24-48(35-49)51-27-13-30-54(37-51)57-40-59(44-19-6-3-7-20-44)61-60(41-57)56-32-15-29-53(39-56)50-26-12-23-47(36-50)46-22-10-21-45(34-46)43-17-4-2-5-18-43/h2-15,17-39,41-42,59H,16,40H2,1H3. The molecular formula is C60H47N. The summed E-state index contributed by atoms with van der Waals surface area (Å²) < 4.78 is 0. The van der Waals surface area contributed by atoms with Gasteiger partial charge in [-0.05, 0) is 145 Å². The van der Waals surface area contributed by atoms with Gasteiger partial charge in [0.05, 0.1) is 11.8 Å². The van der Waals surface area contributed by atoms with Gasteiger partial charge in [-0.15, -0.1) is 0 Å². The summed E-state index contributed by atoms with van der Waals surface area (Å²) in [6, 6.07) is 75.1. The molecule has 2 aliphatic rings. The summed E-state index contributed by atoms with van der Waals surface area (Å²) >= 11 is 0. The Balaban J connectivity index is 0.971. The van der Waals surface area contributed by atoms with Gasteiger partial charge in [0.25, 0.3) is 0 Å². The first-order valence-corrected chi connectivity index (χ1v) is 21.5. The van der Waals surface area contributed by atoms with E-state index in [-0.39, 0.29) is 6.04 Å². The minimum absolute atomic E-state index is 0.0109. The lowest BCUT2D eigenvalue weighted by Crippen LogP contribution is -2.10. The number of allylic oxidation sites excluding steroid dienone is 5. The van der Waals surface area contributed by atoms with Crippen LogP contribution in [0.15, 0.2) is 236 Å². The lowest BCUT2D eigenvalue weighted by molar-refractivity contribution is 0.748. The maximum atomic E-state index is 5.44. The van der Waals surface area contributed by atoms with Gasteiger partial charge in [0, 0.05) is 5.56 Å². The molecule has 2 unspecified atom stereocenters. The van der Waals surface area contributed by atoms with E-state index in [4.69, 9.17) is 4.99 Å². The van der Waals surface area contributed by atoms with Crippen molar-refractivity contribution in [1.29, 1.82) is 0 Å². The summed E-state index contributed by atoms with van der Waals surface area (Å²) in [4.78, 5) is 5.44. The zero-order valence-electron chi connectivity index (χ0n) is 34.5. The quantitative estimate of drug-likeness (QED) is 0.138. The first-order valence-electron chi connectivity index (χ1n) is 21.5. The van der Waals surface area contributed by atoms with Crippen molar-refractivity contribution in [2.45, 2.75) is 25.8 Å². The Hall–Kier alpha value is -7.35. The molecule has 0 saturated carbocycles. The van der Waals surface area contributed by atoms with Crippen LogP contribution in [0.3, 0.4) is 0 Å². The molecule has 0 radical (unpaired) electrons. The van der Waals surface area contributed by atoms with Crippen molar-refractivity contribution in [3.05, 3.63) is 253 Å². The lowest BCUT2D eigenvalue weighted by atomic mass is 9.86. The minimum atomic E-state index is 0.0109. The minimum Gasteiger partial charge on any atom is -0.276 e. The van der Waals surface area contributed by atoms with E-state index in [1.54, 1.807) is 0 Å². The molecular weight excluding hydrogens is 735 g/mol. The summed E-state index contributed by atoms with van der Waals surface area (Å²) in [6.07, 6.45) is 11.0. The molecule has 1 aliphatic carbocycles. The van der Waals surface area contributed by atoms with Gasteiger partial charge >= 0.3 is 0 Å². The molecule has 0 spiro atoms. The Kier molecular flexibility index (Phi) is 10.6. The topological polar surface area (TPSA) is 12.4 Å². The third-order valence-corrected chi connectivity index (χ3v) is 12.3. The number of nitrogens with zero attached hydrogens (tertiary/aromatic N) is 1. The molecule has 1 nitrogen and oxygen atoms in total. The molecule has 10 rings (SSSR count).